The Labute approximate surface area is 151 Å². The molecule has 0 N–H and O–H groups in total. The number of esters is 1. The van der Waals surface area contributed by atoms with E-state index in [2.05, 4.69) is 32.9 Å². The fourth-order valence-electron chi connectivity index (χ4n) is 3.89. The third kappa shape index (κ3) is 4.31. The molecule has 3 rings (SSSR count). The van der Waals surface area contributed by atoms with Crippen molar-refractivity contribution in [2.24, 2.45) is 17.8 Å². The van der Waals surface area contributed by atoms with Crippen LogP contribution in [-0.2, 0) is 4.74 Å². The fourth-order valence-corrected chi connectivity index (χ4v) is 3.89. The van der Waals surface area contributed by atoms with E-state index < -0.39 is 0 Å². The largest absolute Gasteiger partial charge is 0.458 e. The lowest BCUT2D eigenvalue weighted by molar-refractivity contribution is -0.0174. The summed E-state index contributed by atoms with van der Waals surface area (Å²) in [4.78, 5) is 12.6. The van der Waals surface area contributed by atoms with Crippen molar-refractivity contribution in [3.63, 3.8) is 0 Å². The van der Waals surface area contributed by atoms with E-state index >= 15 is 0 Å². The number of hydrogen-bond donors (Lipinski definition) is 0. The van der Waals surface area contributed by atoms with Gasteiger partial charge < -0.3 is 4.74 Å². The SMILES string of the molecule is CC(C)[C@@H]1CC[C@H](C)C[C@H]1OC(=O)c1ccc(-c2ccccc2)cc1. The Morgan fingerprint density at radius 2 is 1.60 bits per heavy atom. The van der Waals surface area contributed by atoms with Crippen molar-refractivity contribution in [2.45, 2.75) is 46.1 Å². The Balaban J connectivity index is 1.70. The Hall–Kier alpha value is -2.09. The maximum absolute atomic E-state index is 12.6. The smallest absolute Gasteiger partial charge is 0.338 e. The normalized spacial score (nSPS) is 23.4. The molecule has 0 aliphatic heterocycles. The molecule has 1 fully saturated rings. The lowest BCUT2D eigenvalue weighted by Gasteiger charge is -2.36. The van der Waals surface area contributed by atoms with Crippen LogP contribution in [0, 0.1) is 17.8 Å². The van der Waals surface area contributed by atoms with E-state index in [4.69, 9.17) is 4.74 Å². The molecular formula is C23H28O2. The molecule has 2 nitrogen and oxygen atoms in total. The van der Waals surface area contributed by atoms with Crippen LogP contribution in [0.3, 0.4) is 0 Å². The predicted molar refractivity (Wildman–Crippen MR) is 102 cm³/mol. The molecule has 2 aromatic carbocycles. The summed E-state index contributed by atoms with van der Waals surface area (Å²) in [5, 5.41) is 0. The molecule has 0 spiro atoms. The van der Waals surface area contributed by atoms with Crippen molar-refractivity contribution in [2.75, 3.05) is 0 Å². The van der Waals surface area contributed by atoms with Crippen LogP contribution in [0.2, 0.25) is 0 Å². The van der Waals surface area contributed by atoms with E-state index in [0.29, 0.717) is 23.3 Å². The third-order valence-corrected chi connectivity index (χ3v) is 5.45. The highest BCUT2D eigenvalue weighted by Gasteiger charge is 2.33. The van der Waals surface area contributed by atoms with Crippen molar-refractivity contribution in [1.82, 2.24) is 0 Å². The van der Waals surface area contributed by atoms with Gasteiger partial charge in [0.15, 0.2) is 0 Å². The first-order valence-corrected chi connectivity index (χ1v) is 9.41. The Morgan fingerprint density at radius 3 is 2.24 bits per heavy atom. The molecule has 0 radical (unpaired) electrons. The van der Waals surface area contributed by atoms with Crippen LogP contribution in [-0.4, -0.2) is 12.1 Å². The molecule has 132 valence electrons. The molecule has 0 saturated heterocycles. The molecular weight excluding hydrogens is 308 g/mol. The number of benzene rings is 2. The first-order chi connectivity index (χ1) is 12.0. The van der Waals surface area contributed by atoms with Gasteiger partial charge in [-0.05, 0) is 53.9 Å². The minimum atomic E-state index is -0.190. The van der Waals surface area contributed by atoms with Gasteiger partial charge in [-0.1, -0.05) is 69.7 Å². The van der Waals surface area contributed by atoms with E-state index in [1.807, 2.05) is 42.5 Å². The van der Waals surface area contributed by atoms with Crippen LogP contribution < -0.4 is 0 Å². The van der Waals surface area contributed by atoms with Gasteiger partial charge in [0.1, 0.15) is 6.10 Å². The molecule has 0 bridgehead atoms. The second-order valence-electron chi connectivity index (χ2n) is 7.71. The summed E-state index contributed by atoms with van der Waals surface area (Å²) < 4.78 is 5.93. The monoisotopic (exact) mass is 336 g/mol. The van der Waals surface area contributed by atoms with Gasteiger partial charge in [-0.25, -0.2) is 4.79 Å². The molecule has 0 heterocycles. The standard InChI is InChI=1S/C23H28O2/c1-16(2)21-14-9-17(3)15-22(21)25-23(24)20-12-10-19(11-13-20)18-7-5-4-6-8-18/h4-8,10-13,16-17,21-22H,9,14-15H2,1-3H3/t17-,21-,22+/m0/s1. The van der Waals surface area contributed by atoms with E-state index in [1.165, 1.54) is 6.42 Å². The van der Waals surface area contributed by atoms with Crippen LogP contribution in [0.25, 0.3) is 11.1 Å². The van der Waals surface area contributed by atoms with E-state index in [0.717, 1.165) is 24.0 Å². The van der Waals surface area contributed by atoms with Crippen molar-refractivity contribution >= 4 is 5.97 Å². The second-order valence-corrected chi connectivity index (χ2v) is 7.71. The van der Waals surface area contributed by atoms with Gasteiger partial charge in [-0.3, -0.25) is 0 Å². The molecule has 1 saturated carbocycles. The Bertz CT molecular complexity index is 688. The maximum atomic E-state index is 12.6. The highest BCUT2D eigenvalue weighted by Crippen LogP contribution is 2.35. The lowest BCUT2D eigenvalue weighted by Crippen LogP contribution is -2.35. The van der Waals surface area contributed by atoms with Crippen molar-refractivity contribution < 1.29 is 9.53 Å². The molecule has 1 aliphatic rings. The zero-order valence-corrected chi connectivity index (χ0v) is 15.4. The van der Waals surface area contributed by atoms with Crippen molar-refractivity contribution in [3.05, 3.63) is 60.2 Å². The zero-order chi connectivity index (χ0) is 17.8. The minimum absolute atomic E-state index is 0.0463. The Morgan fingerprint density at radius 1 is 0.960 bits per heavy atom. The van der Waals surface area contributed by atoms with Gasteiger partial charge in [-0.15, -0.1) is 0 Å². The summed E-state index contributed by atoms with van der Waals surface area (Å²) in [5.74, 6) is 1.46. The van der Waals surface area contributed by atoms with Crippen molar-refractivity contribution in [3.8, 4) is 11.1 Å². The van der Waals surface area contributed by atoms with Crippen LogP contribution in [0.1, 0.15) is 50.4 Å². The first kappa shape index (κ1) is 17.7. The zero-order valence-electron chi connectivity index (χ0n) is 15.4. The topological polar surface area (TPSA) is 26.3 Å². The summed E-state index contributed by atoms with van der Waals surface area (Å²) in [6, 6.07) is 17.9. The molecule has 0 amide bonds. The van der Waals surface area contributed by atoms with Crippen LogP contribution in [0.5, 0.6) is 0 Å². The molecule has 1 aliphatic carbocycles. The fraction of sp³-hybridized carbons (Fsp3) is 0.435. The highest BCUT2D eigenvalue weighted by molar-refractivity contribution is 5.90. The maximum Gasteiger partial charge on any atom is 0.338 e. The van der Waals surface area contributed by atoms with Crippen LogP contribution in [0.15, 0.2) is 54.6 Å². The van der Waals surface area contributed by atoms with Gasteiger partial charge in [0.2, 0.25) is 0 Å². The molecule has 2 heteroatoms. The van der Waals surface area contributed by atoms with Crippen LogP contribution in [0.4, 0.5) is 0 Å². The highest BCUT2D eigenvalue weighted by atomic mass is 16.5. The van der Waals surface area contributed by atoms with Gasteiger partial charge in [-0.2, -0.15) is 0 Å². The lowest BCUT2D eigenvalue weighted by atomic mass is 9.75. The van der Waals surface area contributed by atoms with Gasteiger partial charge in [0, 0.05) is 0 Å². The quantitative estimate of drug-likeness (QED) is 0.643. The molecule has 0 unspecified atom stereocenters. The molecule has 2 aromatic rings. The van der Waals surface area contributed by atoms with Crippen molar-refractivity contribution in [1.29, 1.82) is 0 Å². The van der Waals surface area contributed by atoms with Crippen LogP contribution >= 0.6 is 0 Å². The van der Waals surface area contributed by atoms with Gasteiger partial charge in [0.05, 0.1) is 5.56 Å². The van der Waals surface area contributed by atoms with E-state index in [-0.39, 0.29) is 12.1 Å². The summed E-state index contributed by atoms with van der Waals surface area (Å²) >= 11 is 0. The van der Waals surface area contributed by atoms with Gasteiger partial charge >= 0.3 is 5.97 Å². The molecule has 25 heavy (non-hydrogen) atoms. The van der Waals surface area contributed by atoms with E-state index in [9.17, 15) is 4.79 Å². The van der Waals surface area contributed by atoms with Gasteiger partial charge in [0.25, 0.3) is 0 Å². The number of carbonyl (C=O) groups excluding carboxylic acids is 1. The average Bonchev–Trinajstić information content (AvgIpc) is 2.62. The average molecular weight is 336 g/mol. The predicted octanol–water partition coefficient (Wildman–Crippen LogP) is 5.97. The second kappa shape index (κ2) is 7.86. The third-order valence-electron chi connectivity index (χ3n) is 5.45. The minimum Gasteiger partial charge on any atom is -0.458 e. The number of rotatable bonds is 4. The summed E-state index contributed by atoms with van der Waals surface area (Å²) in [5.41, 5.74) is 2.91. The first-order valence-electron chi connectivity index (χ1n) is 9.41. The number of hydrogen-bond acceptors (Lipinski definition) is 2. The summed E-state index contributed by atoms with van der Waals surface area (Å²) in [6.07, 6.45) is 3.42. The molecule has 0 aromatic heterocycles. The number of carbonyl (C=O) groups is 1. The summed E-state index contributed by atoms with van der Waals surface area (Å²) in [6.45, 7) is 6.72. The Kier molecular flexibility index (Phi) is 5.57. The molecule has 3 atom stereocenters. The number of ether oxygens (including phenoxy) is 1. The summed E-state index contributed by atoms with van der Waals surface area (Å²) in [7, 11) is 0. The van der Waals surface area contributed by atoms with E-state index in [1.54, 1.807) is 0 Å².